The molecular formula is C26H27ClF6N8O4. The van der Waals surface area contributed by atoms with Crippen LogP contribution in [0.3, 0.4) is 0 Å². The summed E-state index contributed by atoms with van der Waals surface area (Å²) >= 11 is 5.92. The van der Waals surface area contributed by atoms with Gasteiger partial charge in [-0.2, -0.15) is 17.9 Å². The van der Waals surface area contributed by atoms with Crippen molar-refractivity contribution in [1.82, 2.24) is 34.1 Å². The van der Waals surface area contributed by atoms with E-state index in [9.17, 15) is 36.2 Å². The Labute approximate surface area is 256 Å². The number of hydrogen-bond acceptors (Lipinski definition) is 9. The predicted molar refractivity (Wildman–Crippen MR) is 147 cm³/mol. The Hall–Kier alpha value is -4.00. The third kappa shape index (κ3) is 8.59. The molecule has 45 heavy (non-hydrogen) atoms. The van der Waals surface area contributed by atoms with Gasteiger partial charge in [0.25, 0.3) is 0 Å². The second-order valence-corrected chi connectivity index (χ2v) is 11.1. The maximum atomic E-state index is 13.3. The SMILES string of the molecule is CC(C)(C)OC[C@@H](N)c1nc(Cn2nc(-c3ccc(Cl)cc3)n(C[C@H](O)C(F)(F)F)c2=O)nn1-c1ncccc1OC(F)(F)F. The number of nitrogens with zero attached hydrogens (tertiary/aromatic N) is 7. The summed E-state index contributed by atoms with van der Waals surface area (Å²) < 4.78 is 91.2. The van der Waals surface area contributed by atoms with Gasteiger partial charge in [0.15, 0.2) is 35.1 Å². The summed E-state index contributed by atoms with van der Waals surface area (Å²) in [5, 5.41) is 18.4. The smallest absolute Gasteiger partial charge is 0.402 e. The zero-order valence-electron chi connectivity index (χ0n) is 23.8. The van der Waals surface area contributed by atoms with E-state index < -0.39 is 60.6 Å². The third-order valence-corrected chi connectivity index (χ3v) is 6.18. The molecular weight excluding hydrogens is 638 g/mol. The van der Waals surface area contributed by atoms with Gasteiger partial charge in [0.1, 0.15) is 6.54 Å². The van der Waals surface area contributed by atoms with Gasteiger partial charge in [0, 0.05) is 16.8 Å². The van der Waals surface area contributed by atoms with Gasteiger partial charge in [-0.25, -0.2) is 19.4 Å². The summed E-state index contributed by atoms with van der Waals surface area (Å²) in [6.45, 7) is 3.34. The number of pyridine rings is 1. The number of aliphatic hydroxyl groups is 1. The number of benzene rings is 1. The van der Waals surface area contributed by atoms with Crippen molar-refractivity contribution >= 4 is 11.6 Å². The molecule has 2 atom stereocenters. The number of nitrogens with two attached hydrogens (primary N) is 1. The number of alkyl halides is 6. The zero-order valence-corrected chi connectivity index (χ0v) is 24.6. The van der Waals surface area contributed by atoms with E-state index in [4.69, 9.17) is 22.1 Å². The van der Waals surface area contributed by atoms with Crippen molar-refractivity contribution in [3.8, 4) is 23.0 Å². The van der Waals surface area contributed by atoms with Crippen LogP contribution in [0.25, 0.3) is 17.2 Å². The van der Waals surface area contributed by atoms with Crippen LogP contribution in [0.15, 0.2) is 47.4 Å². The van der Waals surface area contributed by atoms with E-state index in [-0.39, 0.29) is 29.6 Å². The Morgan fingerprint density at radius 2 is 1.71 bits per heavy atom. The average Bonchev–Trinajstić information content (AvgIpc) is 3.48. The topological polar surface area (TPSA) is 148 Å². The van der Waals surface area contributed by atoms with Gasteiger partial charge in [0.05, 0.1) is 24.8 Å². The first-order valence-corrected chi connectivity index (χ1v) is 13.4. The monoisotopic (exact) mass is 664 g/mol. The summed E-state index contributed by atoms with van der Waals surface area (Å²) in [6.07, 6.45) is -11.9. The zero-order chi connectivity index (χ0) is 33.3. The standard InChI is InChI=1S/C26H27ClF6N8O4/c1-24(2,3)44-13-16(34)21-36-19(37-41(21)22-17(5-4-10-35-22)45-26(31,32)33)12-40-23(43)39(11-18(42)25(28,29)30)20(38-40)14-6-8-15(27)9-7-14/h4-10,16,18,42H,11-13,34H2,1-3H3/t16-,18+/m1/s1. The lowest BCUT2D eigenvalue weighted by Crippen LogP contribution is -2.37. The van der Waals surface area contributed by atoms with E-state index in [1.54, 1.807) is 20.8 Å². The molecule has 0 unspecified atom stereocenters. The van der Waals surface area contributed by atoms with Crippen LogP contribution in [-0.2, 0) is 17.8 Å². The highest BCUT2D eigenvalue weighted by atomic mass is 35.5. The van der Waals surface area contributed by atoms with E-state index in [1.165, 1.54) is 36.5 Å². The van der Waals surface area contributed by atoms with E-state index in [0.29, 0.717) is 9.59 Å². The molecule has 0 saturated carbocycles. The van der Waals surface area contributed by atoms with E-state index in [2.05, 4.69) is 24.9 Å². The normalized spacial score (nSPS) is 14.0. The minimum atomic E-state index is -5.09. The number of rotatable bonds is 10. The van der Waals surface area contributed by atoms with Gasteiger partial charge in [-0.3, -0.25) is 4.57 Å². The summed E-state index contributed by atoms with van der Waals surface area (Å²) in [5.74, 6) is -1.76. The first kappa shape index (κ1) is 33.9. The highest BCUT2D eigenvalue weighted by molar-refractivity contribution is 6.30. The number of aromatic nitrogens is 7. The lowest BCUT2D eigenvalue weighted by Gasteiger charge is -2.22. The van der Waals surface area contributed by atoms with Crippen molar-refractivity contribution in [2.75, 3.05) is 6.61 Å². The van der Waals surface area contributed by atoms with Crippen LogP contribution < -0.4 is 16.2 Å². The number of ether oxygens (including phenoxy) is 2. The van der Waals surface area contributed by atoms with Crippen LogP contribution in [0, 0.1) is 0 Å². The largest absolute Gasteiger partial charge is 0.573 e. The lowest BCUT2D eigenvalue weighted by atomic mass is 10.2. The minimum absolute atomic E-state index is 0.127. The van der Waals surface area contributed by atoms with E-state index >= 15 is 0 Å². The first-order valence-electron chi connectivity index (χ1n) is 13.1. The van der Waals surface area contributed by atoms with Gasteiger partial charge in [0.2, 0.25) is 0 Å². The van der Waals surface area contributed by atoms with E-state index in [1.807, 2.05) is 0 Å². The van der Waals surface area contributed by atoms with Crippen molar-refractivity contribution in [1.29, 1.82) is 0 Å². The molecule has 244 valence electrons. The first-order chi connectivity index (χ1) is 20.8. The van der Waals surface area contributed by atoms with Crippen molar-refractivity contribution in [2.45, 2.75) is 64.1 Å². The van der Waals surface area contributed by atoms with Crippen LogP contribution in [0.2, 0.25) is 5.02 Å². The molecule has 0 fully saturated rings. The molecule has 0 aliphatic rings. The predicted octanol–water partition coefficient (Wildman–Crippen LogP) is 4.03. The summed E-state index contributed by atoms with van der Waals surface area (Å²) in [4.78, 5) is 21.6. The van der Waals surface area contributed by atoms with Crippen molar-refractivity contribution in [3.05, 3.63) is 69.8 Å². The fourth-order valence-corrected chi connectivity index (χ4v) is 4.05. The molecule has 0 amide bonds. The van der Waals surface area contributed by atoms with Gasteiger partial charge < -0.3 is 20.3 Å². The molecule has 0 bridgehead atoms. The maximum absolute atomic E-state index is 13.3. The van der Waals surface area contributed by atoms with Crippen LogP contribution in [0.1, 0.15) is 38.5 Å². The maximum Gasteiger partial charge on any atom is 0.573 e. The Balaban J connectivity index is 1.81. The van der Waals surface area contributed by atoms with Crippen LogP contribution in [0.4, 0.5) is 26.3 Å². The molecule has 3 aromatic heterocycles. The second kappa shape index (κ2) is 12.8. The molecule has 19 heteroatoms. The highest BCUT2D eigenvalue weighted by Crippen LogP contribution is 2.29. The molecule has 0 aliphatic heterocycles. The molecule has 0 spiro atoms. The number of hydrogen-bond donors (Lipinski definition) is 2. The molecule has 0 radical (unpaired) electrons. The molecule has 3 heterocycles. The third-order valence-electron chi connectivity index (χ3n) is 5.93. The quantitative estimate of drug-likeness (QED) is 0.240. The summed E-state index contributed by atoms with van der Waals surface area (Å²) in [5.41, 5.74) is 4.77. The lowest BCUT2D eigenvalue weighted by molar-refractivity contribution is -0.274. The van der Waals surface area contributed by atoms with Gasteiger partial charge in [-0.15, -0.1) is 23.4 Å². The Morgan fingerprint density at radius 1 is 1.04 bits per heavy atom. The molecule has 0 saturated heterocycles. The van der Waals surface area contributed by atoms with Crippen molar-refractivity contribution in [2.24, 2.45) is 5.73 Å². The van der Waals surface area contributed by atoms with Gasteiger partial charge in [-0.1, -0.05) is 11.6 Å². The van der Waals surface area contributed by atoms with Gasteiger partial charge >= 0.3 is 18.2 Å². The number of halogens is 7. The Bertz CT molecular complexity index is 1680. The molecule has 0 aliphatic carbocycles. The molecule has 4 rings (SSSR count). The molecule has 12 nitrogen and oxygen atoms in total. The van der Waals surface area contributed by atoms with Crippen molar-refractivity contribution < 1.29 is 40.9 Å². The van der Waals surface area contributed by atoms with Crippen LogP contribution >= 0.6 is 11.6 Å². The van der Waals surface area contributed by atoms with Crippen LogP contribution in [0.5, 0.6) is 5.75 Å². The molecule has 4 aromatic rings. The second-order valence-electron chi connectivity index (χ2n) is 10.6. The van der Waals surface area contributed by atoms with E-state index in [0.717, 1.165) is 15.4 Å². The molecule has 3 N–H and O–H groups in total. The van der Waals surface area contributed by atoms with Gasteiger partial charge in [-0.05, 0) is 57.2 Å². The fraction of sp³-hybridized carbons (Fsp3) is 0.423. The Morgan fingerprint density at radius 3 is 2.31 bits per heavy atom. The Kier molecular flexibility index (Phi) is 9.62. The minimum Gasteiger partial charge on any atom is -0.402 e. The molecule has 1 aromatic carbocycles. The average molecular weight is 665 g/mol. The van der Waals surface area contributed by atoms with Crippen molar-refractivity contribution in [3.63, 3.8) is 0 Å². The highest BCUT2D eigenvalue weighted by Gasteiger charge is 2.39. The summed E-state index contributed by atoms with van der Waals surface area (Å²) in [6, 6.07) is 6.79. The van der Waals surface area contributed by atoms with Crippen LogP contribution in [-0.4, -0.2) is 70.1 Å². The fourth-order valence-electron chi connectivity index (χ4n) is 3.92. The summed E-state index contributed by atoms with van der Waals surface area (Å²) in [7, 11) is 0. The number of aliphatic hydroxyl groups excluding tert-OH is 1.